The SMILES string of the molecule is CCOC(=O)c1nc(NCC2(N(C)C)CCC2)sc1C. The molecule has 0 aliphatic heterocycles. The fourth-order valence-corrected chi connectivity index (χ4v) is 3.26. The Bertz CT molecular complexity index is 481. The molecule has 0 bridgehead atoms. The van der Waals surface area contributed by atoms with E-state index in [9.17, 15) is 4.79 Å². The van der Waals surface area contributed by atoms with Crippen molar-refractivity contribution in [2.24, 2.45) is 0 Å². The number of nitrogens with zero attached hydrogens (tertiary/aromatic N) is 2. The predicted octanol–water partition coefficient (Wildman–Crippen LogP) is 2.52. The summed E-state index contributed by atoms with van der Waals surface area (Å²) in [7, 11) is 4.25. The second-order valence-electron chi connectivity index (χ2n) is 5.47. The minimum atomic E-state index is -0.333. The monoisotopic (exact) mass is 297 g/mol. The van der Waals surface area contributed by atoms with Crippen LogP contribution in [0.3, 0.4) is 0 Å². The van der Waals surface area contributed by atoms with Gasteiger partial charge in [0.05, 0.1) is 6.61 Å². The first-order valence-electron chi connectivity index (χ1n) is 7.04. The first-order valence-corrected chi connectivity index (χ1v) is 7.86. The summed E-state index contributed by atoms with van der Waals surface area (Å²) >= 11 is 1.51. The van der Waals surface area contributed by atoms with Crippen molar-refractivity contribution in [2.45, 2.75) is 38.6 Å². The normalized spacial score (nSPS) is 16.9. The van der Waals surface area contributed by atoms with E-state index in [4.69, 9.17) is 4.74 Å². The van der Waals surface area contributed by atoms with Crippen LogP contribution in [0, 0.1) is 6.92 Å². The number of aryl methyl sites for hydroxylation is 1. The van der Waals surface area contributed by atoms with Crippen molar-refractivity contribution < 1.29 is 9.53 Å². The summed E-state index contributed by atoms with van der Waals surface area (Å²) < 4.78 is 5.01. The molecule has 1 fully saturated rings. The highest BCUT2D eigenvalue weighted by Crippen LogP contribution is 2.36. The molecule has 1 aromatic heterocycles. The van der Waals surface area contributed by atoms with E-state index >= 15 is 0 Å². The highest BCUT2D eigenvalue weighted by atomic mass is 32.1. The number of ether oxygens (including phenoxy) is 1. The molecule has 0 aromatic carbocycles. The van der Waals surface area contributed by atoms with Gasteiger partial charge in [-0.2, -0.15) is 0 Å². The second kappa shape index (κ2) is 6.10. The van der Waals surface area contributed by atoms with Gasteiger partial charge in [0, 0.05) is 17.0 Å². The average Bonchev–Trinajstić information content (AvgIpc) is 2.69. The molecule has 1 heterocycles. The third-order valence-corrected chi connectivity index (χ3v) is 5.00. The van der Waals surface area contributed by atoms with Crippen LogP contribution in [0.15, 0.2) is 0 Å². The van der Waals surface area contributed by atoms with Crippen LogP contribution in [0.2, 0.25) is 0 Å². The lowest BCUT2D eigenvalue weighted by atomic mass is 9.75. The minimum absolute atomic E-state index is 0.240. The van der Waals surface area contributed by atoms with Crippen molar-refractivity contribution in [3.05, 3.63) is 10.6 Å². The number of aromatic nitrogens is 1. The summed E-state index contributed by atoms with van der Waals surface area (Å²) in [6.07, 6.45) is 3.70. The molecule has 1 saturated carbocycles. The molecule has 5 nitrogen and oxygen atoms in total. The average molecular weight is 297 g/mol. The molecule has 1 N–H and O–H groups in total. The second-order valence-corrected chi connectivity index (χ2v) is 6.67. The molecule has 6 heteroatoms. The van der Waals surface area contributed by atoms with Crippen LogP contribution in [0.1, 0.15) is 41.6 Å². The van der Waals surface area contributed by atoms with Gasteiger partial charge in [-0.1, -0.05) is 0 Å². The Morgan fingerprint density at radius 1 is 1.50 bits per heavy atom. The van der Waals surface area contributed by atoms with Crippen LogP contribution in [0.25, 0.3) is 0 Å². The molecule has 20 heavy (non-hydrogen) atoms. The lowest BCUT2D eigenvalue weighted by Crippen LogP contribution is -2.54. The number of likely N-dealkylation sites (N-methyl/N-ethyl adjacent to an activating group) is 1. The lowest BCUT2D eigenvalue weighted by molar-refractivity contribution is 0.0519. The zero-order chi connectivity index (χ0) is 14.8. The standard InChI is InChI=1S/C14H23N3O2S/c1-5-19-12(18)11-10(2)20-13(16-11)15-9-14(17(3)4)7-6-8-14/h5-9H2,1-4H3,(H,15,16). The maximum absolute atomic E-state index is 11.7. The van der Waals surface area contributed by atoms with Crippen molar-refractivity contribution in [1.29, 1.82) is 0 Å². The van der Waals surface area contributed by atoms with E-state index in [0.29, 0.717) is 12.3 Å². The van der Waals surface area contributed by atoms with Crippen LogP contribution in [-0.2, 0) is 4.74 Å². The molecule has 0 unspecified atom stereocenters. The topological polar surface area (TPSA) is 54.5 Å². The largest absolute Gasteiger partial charge is 0.461 e. The number of hydrogen-bond donors (Lipinski definition) is 1. The molecule has 1 aromatic rings. The number of thiazole rings is 1. The maximum Gasteiger partial charge on any atom is 0.358 e. The van der Waals surface area contributed by atoms with Crippen molar-refractivity contribution >= 4 is 22.4 Å². The predicted molar refractivity (Wildman–Crippen MR) is 81.6 cm³/mol. The number of nitrogens with one attached hydrogen (secondary N) is 1. The van der Waals surface area contributed by atoms with Crippen molar-refractivity contribution in [2.75, 3.05) is 32.6 Å². The Morgan fingerprint density at radius 2 is 2.20 bits per heavy atom. The van der Waals surface area contributed by atoms with Crippen LogP contribution in [-0.4, -0.2) is 48.6 Å². The van der Waals surface area contributed by atoms with Gasteiger partial charge in [-0.15, -0.1) is 11.3 Å². The molecule has 0 saturated heterocycles. The quantitative estimate of drug-likeness (QED) is 0.818. The molecule has 0 amide bonds. The van der Waals surface area contributed by atoms with Crippen LogP contribution in [0.5, 0.6) is 0 Å². The fourth-order valence-electron chi connectivity index (χ4n) is 2.47. The van der Waals surface area contributed by atoms with E-state index in [2.05, 4.69) is 29.3 Å². The lowest BCUT2D eigenvalue weighted by Gasteiger charge is -2.47. The molecule has 2 rings (SSSR count). The number of carbonyl (C=O) groups is 1. The zero-order valence-corrected chi connectivity index (χ0v) is 13.5. The summed E-state index contributed by atoms with van der Waals surface area (Å²) in [4.78, 5) is 19.3. The molecule has 1 aliphatic rings. The van der Waals surface area contributed by atoms with Gasteiger partial charge in [0.25, 0.3) is 0 Å². The highest BCUT2D eigenvalue weighted by Gasteiger charge is 2.38. The van der Waals surface area contributed by atoms with E-state index in [1.165, 1.54) is 30.6 Å². The first-order chi connectivity index (χ1) is 9.48. The zero-order valence-electron chi connectivity index (χ0n) is 12.7. The molecule has 0 atom stereocenters. The van der Waals surface area contributed by atoms with E-state index in [0.717, 1.165) is 16.6 Å². The number of anilines is 1. The Kier molecular flexibility index (Phi) is 4.65. The number of esters is 1. The summed E-state index contributed by atoms with van der Waals surface area (Å²) in [6, 6.07) is 0. The van der Waals surface area contributed by atoms with Gasteiger partial charge in [0.1, 0.15) is 0 Å². The Balaban J connectivity index is 2.00. The van der Waals surface area contributed by atoms with Crippen LogP contribution >= 0.6 is 11.3 Å². The fraction of sp³-hybridized carbons (Fsp3) is 0.714. The number of hydrogen-bond acceptors (Lipinski definition) is 6. The van der Waals surface area contributed by atoms with E-state index in [-0.39, 0.29) is 11.5 Å². The molecule has 0 spiro atoms. The van der Waals surface area contributed by atoms with Crippen LogP contribution < -0.4 is 5.32 Å². The van der Waals surface area contributed by atoms with E-state index < -0.39 is 0 Å². The third-order valence-electron chi connectivity index (χ3n) is 4.07. The molecule has 112 valence electrons. The Hall–Kier alpha value is -1.14. The molecule has 0 radical (unpaired) electrons. The van der Waals surface area contributed by atoms with Gasteiger partial charge in [0.15, 0.2) is 10.8 Å². The van der Waals surface area contributed by atoms with Crippen molar-refractivity contribution in [3.63, 3.8) is 0 Å². The summed E-state index contributed by atoms with van der Waals surface area (Å²) in [5.41, 5.74) is 0.677. The summed E-state index contributed by atoms with van der Waals surface area (Å²) in [5.74, 6) is -0.333. The number of carbonyl (C=O) groups excluding carboxylic acids is 1. The first kappa shape index (κ1) is 15.3. The van der Waals surface area contributed by atoms with Gasteiger partial charge in [-0.05, 0) is 47.2 Å². The van der Waals surface area contributed by atoms with E-state index in [1.54, 1.807) is 6.92 Å². The van der Waals surface area contributed by atoms with Gasteiger partial charge in [-0.25, -0.2) is 9.78 Å². The number of rotatable bonds is 6. The van der Waals surface area contributed by atoms with Gasteiger partial charge in [0.2, 0.25) is 0 Å². The minimum Gasteiger partial charge on any atom is -0.461 e. The highest BCUT2D eigenvalue weighted by molar-refractivity contribution is 7.15. The Labute approximate surface area is 124 Å². The van der Waals surface area contributed by atoms with E-state index in [1.807, 2.05) is 6.92 Å². The maximum atomic E-state index is 11.7. The van der Waals surface area contributed by atoms with Gasteiger partial charge >= 0.3 is 5.97 Å². The smallest absolute Gasteiger partial charge is 0.358 e. The Morgan fingerprint density at radius 3 is 2.70 bits per heavy atom. The molecule has 1 aliphatic carbocycles. The third kappa shape index (κ3) is 2.96. The van der Waals surface area contributed by atoms with Gasteiger partial charge in [-0.3, -0.25) is 0 Å². The molecular formula is C14H23N3O2S. The van der Waals surface area contributed by atoms with Gasteiger partial charge < -0.3 is 15.0 Å². The molecular weight excluding hydrogens is 274 g/mol. The van der Waals surface area contributed by atoms with Crippen molar-refractivity contribution in [1.82, 2.24) is 9.88 Å². The van der Waals surface area contributed by atoms with Crippen LogP contribution in [0.4, 0.5) is 5.13 Å². The summed E-state index contributed by atoms with van der Waals surface area (Å²) in [6.45, 7) is 4.95. The van der Waals surface area contributed by atoms with Crippen molar-refractivity contribution in [3.8, 4) is 0 Å². The summed E-state index contributed by atoms with van der Waals surface area (Å²) in [5, 5.41) is 4.19.